The molecule has 0 aliphatic carbocycles. The molecular formula is C12H23N3OS2. The van der Waals surface area contributed by atoms with Gasteiger partial charge >= 0.3 is 0 Å². The third-order valence-electron chi connectivity index (χ3n) is 3.60. The van der Waals surface area contributed by atoms with E-state index < -0.39 is 0 Å². The Hall–Kier alpha value is 0.0900. The maximum Gasteiger partial charge on any atom is 0.220 e. The highest BCUT2D eigenvalue weighted by atomic mass is 32.2. The summed E-state index contributed by atoms with van der Waals surface area (Å²) < 4.78 is 0. The topological polar surface area (TPSA) is 53.2 Å². The van der Waals surface area contributed by atoms with Gasteiger partial charge in [0.1, 0.15) is 0 Å². The van der Waals surface area contributed by atoms with Gasteiger partial charge in [-0.2, -0.15) is 24.4 Å². The molecule has 0 unspecified atom stereocenters. The molecule has 0 spiro atoms. The van der Waals surface area contributed by atoms with Crippen LogP contribution in [0.1, 0.15) is 25.7 Å². The Labute approximate surface area is 119 Å². The lowest BCUT2D eigenvalue weighted by Gasteiger charge is -2.16. The van der Waals surface area contributed by atoms with Crippen LogP contribution in [0.25, 0.3) is 0 Å². The lowest BCUT2D eigenvalue weighted by Crippen LogP contribution is -2.36. The predicted molar refractivity (Wildman–Crippen MR) is 80.3 cm³/mol. The minimum absolute atomic E-state index is 0.168. The van der Waals surface area contributed by atoms with E-state index in [0.717, 1.165) is 24.8 Å². The zero-order valence-corrected chi connectivity index (χ0v) is 12.4. The van der Waals surface area contributed by atoms with Crippen LogP contribution in [0.15, 0.2) is 0 Å². The number of hydrogen-bond acceptors (Lipinski definition) is 5. The van der Waals surface area contributed by atoms with Crippen LogP contribution in [0, 0.1) is 0 Å². The number of rotatable bonds is 7. The second-order valence-electron chi connectivity index (χ2n) is 4.91. The van der Waals surface area contributed by atoms with Crippen LogP contribution in [0.5, 0.6) is 0 Å². The first-order valence-electron chi connectivity index (χ1n) is 6.77. The van der Waals surface area contributed by atoms with Gasteiger partial charge in [0.05, 0.1) is 0 Å². The van der Waals surface area contributed by atoms with Crippen molar-refractivity contribution < 1.29 is 4.79 Å². The van der Waals surface area contributed by atoms with Crippen LogP contribution in [0.2, 0.25) is 0 Å². The molecule has 6 heteroatoms. The van der Waals surface area contributed by atoms with E-state index in [1.165, 1.54) is 12.2 Å². The summed E-state index contributed by atoms with van der Waals surface area (Å²) in [7, 11) is 0. The van der Waals surface area contributed by atoms with E-state index in [4.69, 9.17) is 0 Å². The quantitative estimate of drug-likeness (QED) is 0.409. The molecule has 0 bridgehead atoms. The number of carbonyl (C=O) groups excluding carboxylic acids is 1. The van der Waals surface area contributed by atoms with Gasteiger partial charge in [-0.1, -0.05) is 6.42 Å². The minimum atomic E-state index is 0.168. The Balaban J connectivity index is 1.54. The number of nitrogens with one attached hydrogen (secondary N) is 3. The maximum atomic E-state index is 11.4. The molecule has 2 fully saturated rings. The average Bonchev–Trinajstić information content (AvgIpc) is 2.95. The van der Waals surface area contributed by atoms with Crippen molar-refractivity contribution in [3.05, 3.63) is 0 Å². The van der Waals surface area contributed by atoms with Gasteiger partial charge in [0.25, 0.3) is 0 Å². The van der Waals surface area contributed by atoms with E-state index in [1.54, 1.807) is 0 Å². The van der Waals surface area contributed by atoms with Crippen molar-refractivity contribution in [1.29, 1.82) is 0 Å². The Morgan fingerprint density at radius 1 is 1.39 bits per heavy atom. The first kappa shape index (κ1) is 14.5. The van der Waals surface area contributed by atoms with Gasteiger partial charge in [-0.05, 0) is 12.8 Å². The molecule has 1 amide bonds. The summed E-state index contributed by atoms with van der Waals surface area (Å²) in [4.78, 5) is 11.4. The summed E-state index contributed by atoms with van der Waals surface area (Å²) in [5, 5.41) is 10.6. The molecule has 104 valence electrons. The molecule has 0 radical (unpaired) electrons. The fraction of sp³-hybridized carbons (Fsp3) is 0.917. The fourth-order valence-electron chi connectivity index (χ4n) is 2.64. The number of thiol groups is 1. The lowest BCUT2D eigenvalue weighted by atomic mass is 10.0. The molecule has 4 nitrogen and oxygen atoms in total. The van der Waals surface area contributed by atoms with E-state index in [0.29, 0.717) is 30.8 Å². The second kappa shape index (κ2) is 7.62. The van der Waals surface area contributed by atoms with Crippen molar-refractivity contribution in [3.63, 3.8) is 0 Å². The summed E-state index contributed by atoms with van der Waals surface area (Å²) >= 11 is 6.14. The van der Waals surface area contributed by atoms with E-state index in [-0.39, 0.29) is 5.91 Å². The number of hydrogen-bond donors (Lipinski definition) is 4. The minimum Gasteiger partial charge on any atom is -0.355 e. The highest BCUT2D eigenvalue weighted by molar-refractivity contribution is 8.00. The number of fused-ring (bicyclic) bond motifs is 1. The van der Waals surface area contributed by atoms with Crippen LogP contribution in [0.4, 0.5) is 0 Å². The summed E-state index contributed by atoms with van der Waals surface area (Å²) in [6.45, 7) is 1.64. The molecule has 0 aromatic carbocycles. The Kier molecular flexibility index (Phi) is 6.14. The van der Waals surface area contributed by atoms with Crippen LogP contribution in [-0.4, -0.2) is 48.0 Å². The van der Waals surface area contributed by atoms with Crippen molar-refractivity contribution in [3.8, 4) is 0 Å². The van der Waals surface area contributed by atoms with Gasteiger partial charge in [-0.25, -0.2) is 0 Å². The largest absolute Gasteiger partial charge is 0.355 e. The molecular weight excluding hydrogens is 266 g/mol. The van der Waals surface area contributed by atoms with E-state index in [9.17, 15) is 4.79 Å². The number of carbonyl (C=O) groups is 1. The Morgan fingerprint density at radius 3 is 3.11 bits per heavy atom. The van der Waals surface area contributed by atoms with Crippen LogP contribution in [0.3, 0.4) is 0 Å². The van der Waals surface area contributed by atoms with Crippen molar-refractivity contribution in [2.24, 2.45) is 0 Å². The van der Waals surface area contributed by atoms with E-state index in [2.05, 4.69) is 40.3 Å². The predicted octanol–water partition coefficient (Wildman–Crippen LogP) is 0.596. The summed E-state index contributed by atoms with van der Waals surface area (Å²) in [5.74, 6) is 2.11. The van der Waals surface area contributed by atoms with Gasteiger partial charge < -0.3 is 5.32 Å². The Morgan fingerprint density at radius 2 is 2.28 bits per heavy atom. The highest BCUT2D eigenvalue weighted by Gasteiger charge is 2.38. The zero-order chi connectivity index (χ0) is 12.8. The van der Waals surface area contributed by atoms with Gasteiger partial charge in [0, 0.05) is 48.5 Å². The molecule has 0 aromatic heterocycles. The average molecular weight is 289 g/mol. The number of unbranched alkanes of at least 4 members (excludes halogenated alkanes) is 1. The highest BCUT2D eigenvalue weighted by Crippen LogP contribution is 2.32. The third-order valence-corrected chi connectivity index (χ3v) is 5.33. The summed E-state index contributed by atoms with van der Waals surface area (Å²) in [6, 6.07) is 1.31. The van der Waals surface area contributed by atoms with E-state index in [1.807, 2.05) is 0 Å². The molecule has 3 N–H and O–H groups in total. The molecule has 2 saturated heterocycles. The van der Waals surface area contributed by atoms with Crippen molar-refractivity contribution in [2.75, 3.05) is 24.7 Å². The number of thioether (sulfide) groups is 1. The normalized spacial score (nSPS) is 30.4. The smallest absolute Gasteiger partial charge is 0.220 e. The third kappa shape index (κ3) is 4.05. The van der Waals surface area contributed by atoms with E-state index >= 15 is 0 Å². The fourth-order valence-corrected chi connectivity index (χ4v) is 4.36. The van der Waals surface area contributed by atoms with Crippen LogP contribution < -0.4 is 16.0 Å². The standard InChI is InChI=1S/C12H23N3OS2/c16-11(13-5-6-17)4-2-1-3-10-12-9(7-18-10)14-8-15-12/h9-10,12,14-15,17H,1-8H2,(H,13,16)/t9-,10-,12-/m0/s1. The maximum absolute atomic E-state index is 11.4. The molecule has 2 aliphatic rings. The number of amides is 1. The molecule has 18 heavy (non-hydrogen) atoms. The molecule has 2 rings (SSSR count). The lowest BCUT2D eigenvalue weighted by molar-refractivity contribution is -0.121. The molecule has 2 aliphatic heterocycles. The zero-order valence-electron chi connectivity index (χ0n) is 10.7. The summed E-state index contributed by atoms with van der Waals surface area (Å²) in [5.41, 5.74) is 0. The van der Waals surface area contributed by atoms with Gasteiger partial charge in [0.2, 0.25) is 5.91 Å². The van der Waals surface area contributed by atoms with Crippen LogP contribution in [-0.2, 0) is 4.79 Å². The molecule has 0 saturated carbocycles. The van der Waals surface area contributed by atoms with Crippen molar-refractivity contribution in [1.82, 2.24) is 16.0 Å². The molecule has 3 atom stereocenters. The Bertz CT molecular complexity index is 278. The SMILES string of the molecule is O=C(CCCC[C@@H]1SC[C@@H]2NCN[C@@H]21)NCCS. The van der Waals surface area contributed by atoms with Gasteiger partial charge in [0.15, 0.2) is 0 Å². The van der Waals surface area contributed by atoms with Gasteiger partial charge in [-0.3, -0.25) is 15.4 Å². The molecule has 2 heterocycles. The van der Waals surface area contributed by atoms with Crippen molar-refractivity contribution >= 4 is 30.3 Å². The van der Waals surface area contributed by atoms with Crippen LogP contribution >= 0.6 is 24.4 Å². The first-order valence-corrected chi connectivity index (χ1v) is 8.45. The second-order valence-corrected chi connectivity index (χ2v) is 6.63. The summed E-state index contributed by atoms with van der Waals surface area (Å²) in [6.07, 6.45) is 4.03. The molecule has 0 aromatic rings. The first-order chi connectivity index (χ1) is 8.81. The van der Waals surface area contributed by atoms with Gasteiger partial charge in [-0.15, -0.1) is 0 Å². The monoisotopic (exact) mass is 289 g/mol. The van der Waals surface area contributed by atoms with Crippen molar-refractivity contribution in [2.45, 2.75) is 43.0 Å².